The Labute approximate surface area is 387 Å². The Bertz CT molecular complexity index is 2360. The minimum absolute atomic E-state index is 0.0480. The van der Waals surface area contributed by atoms with E-state index in [1.54, 1.807) is 11.3 Å². The Morgan fingerprint density at radius 2 is 1.23 bits per heavy atom. The first kappa shape index (κ1) is 47.3. The van der Waals surface area contributed by atoms with Gasteiger partial charge in [-0.05, 0) is 92.3 Å². The maximum atomic E-state index is 18.8. The number of aliphatic carboxylic acids is 1. The maximum absolute atomic E-state index is 18.8. The number of rotatable bonds is 18. The molecule has 1 heterocycles. The van der Waals surface area contributed by atoms with Gasteiger partial charge in [-0.25, -0.2) is 4.39 Å². The van der Waals surface area contributed by atoms with Crippen molar-refractivity contribution < 1.29 is 23.1 Å². The van der Waals surface area contributed by atoms with Crippen LogP contribution in [0.2, 0.25) is 10.1 Å². The van der Waals surface area contributed by atoms with Crippen molar-refractivity contribution in [3.05, 3.63) is 181 Å². The van der Waals surface area contributed by atoms with E-state index in [-0.39, 0.29) is 40.9 Å². The van der Waals surface area contributed by atoms with E-state index in [1.807, 2.05) is 24.3 Å². The molecule has 334 valence electrons. The van der Waals surface area contributed by atoms with Gasteiger partial charge in [0.15, 0.2) is 0 Å². The molecule has 0 spiro atoms. The fraction of sp³-hybridized carbons (Fsp3) is 0.339. The molecule has 64 heavy (non-hydrogen) atoms. The summed E-state index contributed by atoms with van der Waals surface area (Å²) in [4.78, 5) is 12.2. The fourth-order valence-corrected chi connectivity index (χ4v) is 20.9. The Morgan fingerprint density at radius 3 is 1.72 bits per heavy atom. The van der Waals surface area contributed by atoms with Gasteiger partial charge in [0.05, 0.1) is 6.10 Å². The third-order valence-corrected chi connectivity index (χ3v) is 24.6. The van der Waals surface area contributed by atoms with E-state index in [0.29, 0.717) is 25.7 Å². The SMILES string of the molecule is C=C1C[C@@H](O[Si](c2ccccc2)(c2ccccc2)C(C)(C)C)[C@@H](CC(F)C(O[Si](c2ccccc2)(c2ccccc2)C(C)(C)C)c2cc3ccccc3s2)[C@H]1C/C=C\CCCC(=O)O. The van der Waals surface area contributed by atoms with Crippen LogP contribution >= 0.6 is 11.3 Å². The molecule has 0 bridgehead atoms. The first-order chi connectivity index (χ1) is 30.7. The summed E-state index contributed by atoms with van der Waals surface area (Å²) in [5.41, 5.74) is 1.07. The normalized spacial score (nSPS) is 18.4. The predicted molar refractivity (Wildman–Crippen MR) is 271 cm³/mol. The van der Waals surface area contributed by atoms with Gasteiger partial charge in [0.1, 0.15) is 12.3 Å². The summed E-state index contributed by atoms with van der Waals surface area (Å²) in [6.45, 7) is 18.3. The van der Waals surface area contributed by atoms with Crippen LogP contribution in [0.5, 0.6) is 0 Å². The zero-order valence-electron chi connectivity index (χ0n) is 38.4. The summed E-state index contributed by atoms with van der Waals surface area (Å²) in [5, 5.41) is 14.3. The topological polar surface area (TPSA) is 55.8 Å². The molecule has 1 aliphatic rings. The van der Waals surface area contributed by atoms with Crippen molar-refractivity contribution in [3.8, 4) is 0 Å². The molecule has 1 saturated carbocycles. The summed E-state index contributed by atoms with van der Waals surface area (Å²) in [5.74, 6) is -1.05. The maximum Gasteiger partial charge on any atom is 0.303 e. The van der Waals surface area contributed by atoms with Gasteiger partial charge in [0.2, 0.25) is 0 Å². The number of hydrogen-bond acceptors (Lipinski definition) is 4. The minimum atomic E-state index is -3.23. The Kier molecular flexibility index (Phi) is 14.9. The third-order valence-electron chi connectivity index (χ3n) is 13.3. The van der Waals surface area contributed by atoms with Gasteiger partial charge in [0, 0.05) is 16.0 Å². The minimum Gasteiger partial charge on any atom is -0.481 e. The highest BCUT2D eigenvalue weighted by Crippen LogP contribution is 2.50. The second-order valence-corrected chi connectivity index (χ2v) is 29.2. The van der Waals surface area contributed by atoms with Crippen molar-refractivity contribution in [2.24, 2.45) is 11.8 Å². The molecule has 0 radical (unpaired) electrons. The monoisotopic (exact) mass is 908 g/mol. The molecule has 5 aromatic carbocycles. The summed E-state index contributed by atoms with van der Waals surface area (Å²) >= 11 is 1.63. The van der Waals surface area contributed by atoms with Gasteiger partial charge in [-0.2, -0.15) is 0 Å². The second-order valence-electron chi connectivity index (χ2n) is 19.6. The van der Waals surface area contributed by atoms with Gasteiger partial charge in [-0.15, -0.1) is 11.3 Å². The number of alkyl halides is 1. The Hall–Kier alpha value is -4.71. The molecular formula is C56H65FO4SSi2. The van der Waals surface area contributed by atoms with E-state index < -0.39 is 34.9 Å². The lowest BCUT2D eigenvalue weighted by molar-refractivity contribution is -0.137. The van der Waals surface area contributed by atoms with Gasteiger partial charge >= 0.3 is 5.97 Å². The smallest absolute Gasteiger partial charge is 0.303 e. The molecule has 0 amide bonds. The van der Waals surface area contributed by atoms with Crippen LogP contribution in [0.25, 0.3) is 10.1 Å². The van der Waals surface area contributed by atoms with Gasteiger partial charge in [0.25, 0.3) is 16.6 Å². The van der Waals surface area contributed by atoms with Crippen LogP contribution in [0.15, 0.2) is 176 Å². The van der Waals surface area contributed by atoms with E-state index in [1.165, 1.54) is 10.4 Å². The van der Waals surface area contributed by atoms with Crippen LogP contribution in [-0.2, 0) is 13.6 Å². The molecule has 0 aliphatic heterocycles. The molecule has 1 fully saturated rings. The quantitative estimate of drug-likeness (QED) is 0.0530. The van der Waals surface area contributed by atoms with E-state index in [2.05, 4.69) is 181 Å². The largest absolute Gasteiger partial charge is 0.481 e. The predicted octanol–water partition coefficient (Wildman–Crippen LogP) is 12.6. The molecular weight excluding hydrogens is 844 g/mol. The summed E-state index contributed by atoms with van der Waals surface area (Å²) in [7, 11) is -6.28. The molecule has 1 aliphatic carbocycles. The van der Waals surface area contributed by atoms with Gasteiger partial charge in [-0.1, -0.05) is 205 Å². The molecule has 5 atom stereocenters. The van der Waals surface area contributed by atoms with E-state index >= 15 is 4.39 Å². The highest BCUT2D eigenvalue weighted by Gasteiger charge is 2.56. The zero-order chi connectivity index (χ0) is 45.5. The van der Waals surface area contributed by atoms with E-state index in [9.17, 15) is 9.90 Å². The van der Waals surface area contributed by atoms with Crippen LogP contribution in [0, 0.1) is 11.8 Å². The Balaban J connectivity index is 1.36. The number of hydrogen-bond donors (Lipinski definition) is 1. The lowest BCUT2D eigenvalue weighted by Gasteiger charge is -2.47. The molecule has 8 heteroatoms. The number of thiophene rings is 1. The van der Waals surface area contributed by atoms with Crippen molar-refractivity contribution in [1.82, 2.24) is 0 Å². The summed E-state index contributed by atoms with van der Waals surface area (Å²) in [6.07, 6.45) is 4.58. The van der Waals surface area contributed by atoms with Crippen LogP contribution in [0.3, 0.4) is 0 Å². The number of carboxylic acid groups (broad SMARTS) is 1. The summed E-state index contributed by atoms with van der Waals surface area (Å²) < 4.78 is 35.7. The third kappa shape index (κ3) is 9.92. The summed E-state index contributed by atoms with van der Waals surface area (Å²) in [6, 6.07) is 52.9. The van der Waals surface area contributed by atoms with Crippen LogP contribution < -0.4 is 20.7 Å². The van der Waals surface area contributed by atoms with Gasteiger partial charge < -0.3 is 14.0 Å². The molecule has 1 aromatic heterocycles. The van der Waals surface area contributed by atoms with Crippen molar-refractivity contribution in [2.45, 2.75) is 109 Å². The average molecular weight is 909 g/mol. The number of benzene rings is 5. The van der Waals surface area contributed by atoms with Crippen LogP contribution in [0.1, 0.15) is 91.0 Å². The van der Waals surface area contributed by atoms with E-state index in [0.717, 1.165) is 30.9 Å². The molecule has 1 N–H and O–H groups in total. The number of unbranched alkanes of at least 4 members (excludes halogenated alkanes) is 1. The lowest BCUT2D eigenvalue weighted by Crippen LogP contribution is -2.68. The second kappa shape index (κ2) is 20.2. The highest BCUT2D eigenvalue weighted by atomic mass is 32.1. The first-order valence-corrected chi connectivity index (χ1v) is 27.5. The average Bonchev–Trinajstić information content (AvgIpc) is 3.84. The number of carbonyl (C=O) groups is 1. The first-order valence-electron chi connectivity index (χ1n) is 22.9. The molecule has 0 saturated heterocycles. The van der Waals surface area contributed by atoms with Crippen molar-refractivity contribution >= 4 is 64.8 Å². The Morgan fingerprint density at radius 1 is 0.750 bits per heavy atom. The highest BCUT2D eigenvalue weighted by molar-refractivity contribution is 7.19. The number of carboxylic acids is 1. The molecule has 7 rings (SSSR count). The van der Waals surface area contributed by atoms with Crippen LogP contribution in [-0.4, -0.2) is 40.0 Å². The van der Waals surface area contributed by atoms with Crippen molar-refractivity contribution in [2.75, 3.05) is 0 Å². The lowest BCUT2D eigenvalue weighted by atomic mass is 9.85. The van der Waals surface area contributed by atoms with Gasteiger partial charge in [-0.3, -0.25) is 4.79 Å². The van der Waals surface area contributed by atoms with E-state index in [4.69, 9.17) is 15.4 Å². The van der Waals surface area contributed by atoms with Crippen molar-refractivity contribution in [3.63, 3.8) is 0 Å². The van der Waals surface area contributed by atoms with Crippen LogP contribution in [0.4, 0.5) is 4.39 Å². The zero-order valence-corrected chi connectivity index (χ0v) is 41.2. The number of fused-ring (bicyclic) bond motifs is 1. The molecule has 6 aromatic rings. The fourth-order valence-electron chi connectivity index (χ4n) is 10.3. The van der Waals surface area contributed by atoms with Crippen molar-refractivity contribution in [1.29, 1.82) is 0 Å². The number of halogens is 1. The molecule has 2 unspecified atom stereocenters. The standard InChI is InChI=1S/C56H65FO4SSi2/c1-41-38-50(60-63(55(2,3)4,43-27-14-10-15-28-43)44-29-16-11-17-30-44)48(47(41)35-22-8-9-23-37-53(58)59)40-49(57)54(52-39-42-26-24-25-36-51(42)62-52)61-64(56(5,6)7,45-31-18-12-19-32-45)46-33-20-13-21-34-46/h8,10-22,24-34,36,39,47-50,54H,1,9,23,35,37-38,40H2,2-7H3,(H,58,59)/b22-8-/t47-,48-,49?,50+,54?/m0/s1. The molecule has 4 nitrogen and oxygen atoms in total. The number of allylic oxidation sites excluding steroid dienone is 2.